The summed E-state index contributed by atoms with van der Waals surface area (Å²) in [6, 6.07) is 8.49. The minimum absolute atomic E-state index is 0.328. The van der Waals surface area contributed by atoms with E-state index in [0.717, 1.165) is 0 Å². The van der Waals surface area contributed by atoms with E-state index in [1.165, 1.54) is 0 Å². The predicted molar refractivity (Wildman–Crippen MR) is 78.3 cm³/mol. The number of aromatic nitrogens is 1. The summed E-state index contributed by atoms with van der Waals surface area (Å²) in [5, 5.41) is 0.890. The van der Waals surface area contributed by atoms with Crippen LogP contribution in [0, 0.1) is 0 Å². The smallest absolute Gasteiger partial charge is 0.231 e. The highest BCUT2D eigenvalue weighted by molar-refractivity contribution is 6.38. The maximum Gasteiger partial charge on any atom is 0.231 e. The van der Waals surface area contributed by atoms with Crippen molar-refractivity contribution in [2.75, 3.05) is 11.5 Å². The lowest BCUT2D eigenvalue weighted by molar-refractivity contribution is 0.620. The molecular formula is C13H9Cl2N3O. The summed E-state index contributed by atoms with van der Waals surface area (Å²) in [6.45, 7) is 0. The number of oxazole rings is 1. The molecule has 0 amide bonds. The van der Waals surface area contributed by atoms with Gasteiger partial charge in [-0.1, -0.05) is 29.3 Å². The number of nitrogens with zero attached hydrogens (tertiary/aromatic N) is 1. The van der Waals surface area contributed by atoms with Gasteiger partial charge < -0.3 is 15.9 Å². The lowest BCUT2D eigenvalue weighted by Gasteiger charge is -2.04. The van der Waals surface area contributed by atoms with Gasteiger partial charge in [0.1, 0.15) is 5.52 Å². The molecule has 2 aromatic carbocycles. The lowest BCUT2D eigenvalue weighted by atomic mass is 10.1. The number of halogens is 2. The number of hydrogen-bond donors (Lipinski definition) is 2. The van der Waals surface area contributed by atoms with Crippen LogP contribution in [0.3, 0.4) is 0 Å². The zero-order chi connectivity index (χ0) is 13.6. The minimum atomic E-state index is 0.328. The van der Waals surface area contributed by atoms with Crippen molar-refractivity contribution in [3.05, 3.63) is 40.4 Å². The molecule has 0 radical (unpaired) electrons. The molecule has 1 heterocycles. The zero-order valence-corrected chi connectivity index (χ0v) is 11.2. The Bertz CT molecular complexity index is 763. The first-order chi connectivity index (χ1) is 9.06. The van der Waals surface area contributed by atoms with E-state index in [9.17, 15) is 0 Å². The highest BCUT2D eigenvalue weighted by Crippen LogP contribution is 2.36. The summed E-state index contributed by atoms with van der Waals surface area (Å²) in [6.07, 6.45) is 0. The Morgan fingerprint density at radius 3 is 2.42 bits per heavy atom. The third-order valence-electron chi connectivity index (χ3n) is 2.75. The second kappa shape index (κ2) is 4.33. The van der Waals surface area contributed by atoms with Crippen molar-refractivity contribution in [1.29, 1.82) is 0 Å². The van der Waals surface area contributed by atoms with Crippen LogP contribution < -0.4 is 11.5 Å². The van der Waals surface area contributed by atoms with Crippen molar-refractivity contribution in [3.63, 3.8) is 0 Å². The molecule has 0 atom stereocenters. The molecule has 0 spiro atoms. The van der Waals surface area contributed by atoms with E-state index in [1.54, 1.807) is 30.3 Å². The summed E-state index contributed by atoms with van der Waals surface area (Å²) in [4.78, 5) is 4.33. The fourth-order valence-electron chi connectivity index (χ4n) is 1.90. The molecule has 6 heteroatoms. The second-order valence-electron chi connectivity index (χ2n) is 4.07. The first-order valence-corrected chi connectivity index (χ1v) is 6.22. The summed E-state index contributed by atoms with van der Waals surface area (Å²) in [5.41, 5.74) is 14.4. The van der Waals surface area contributed by atoms with Gasteiger partial charge >= 0.3 is 0 Å². The van der Waals surface area contributed by atoms with Crippen LogP contribution in [-0.4, -0.2) is 4.98 Å². The highest BCUT2D eigenvalue weighted by Gasteiger charge is 2.16. The van der Waals surface area contributed by atoms with Gasteiger partial charge in [0, 0.05) is 16.4 Å². The molecule has 0 saturated carbocycles. The van der Waals surface area contributed by atoms with E-state index in [-0.39, 0.29) is 0 Å². The van der Waals surface area contributed by atoms with E-state index in [2.05, 4.69) is 4.98 Å². The Balaban J connectivity index is 2.30. The number of anilines is 2. The summed E-state index contributed by atoms with van der Waals surface area (Å²) < 4.78 is 5.64. The summed E-state index contributed by atoms with van der Waals surface area (Å²) >= 11 is 12.0. The fraction of sp³-hybridized carbons (Fsp3) is 0. The number of rotatable bonds is 1. The SMILES string of the molecule is Nc1cccc(N)c1-c1nc2cc(Cl)cc(Cl)c2o1. The minimum Gasteiger partial charge on any atom is -0.434 e. The van der Waals surface area contributed by atoms with Gasteiger partial charge in [0.2, 0.25) is 5.89 Å². The number of fused-ring (bicyclic) bond motifs is 1. The van der Waals surface area contributed by atoms with Crippen molar-refractivity contribution in [1.82, 2.24) is 4.98 Å². The Morgan fingerprint density at radius 2 is 1.74 bits per heavy atom. The molecule has 4 N–H and O–H groups in total. The topological polar surface area (TPSA) is 78.1 Å². The van der Waals surface area contributed by atoms with Crippen molar-refractivity contribution < 1.29 is 4.42 Å². The van der Waals surface area contributed by atoms with Crippen LogP contribution in [0.1, 0.15) is 0 Å². The van der Waals surface area contributed by atoms with E-state index >= 15 is 0 Å². The Hall–Kier alpha value is -1.91. The lowest BCUT2D eigenvalue weighted by Crippen LogP contribution is -1.95. The number of nitrogens with two attached hydrogens (primary N) is 2. The van der Waals surface area contributed by atoms with E-state index in [0.29, 0.717) is 44.0 Å². The molecule has 3 aromatic rings. The van der Waals surface area contributed by atoms with Gasteiger partial charge in [-0.25, -0.2) is 4.98 Å². The van der Waals surface area contributed by atoms with Crippen molar-refractivity contribution in [2.24, 2.45) is 0 Å². The van der Waals surface area contributed by atoms with Crippen molar-refractivity contribution in [2.45, 2.75) is 0 Å². The third-order valence-corrected chi connectivity index (χ3v) is 3.25. The van der Waals surface area contributed by atoms with Crippen LogP contribution in [0.5, 0.6) is 0 Å². The molecule has 4 nitrogen and oxygen atoms in total. The largest absolute Gasteiger partial charge is 0.434 e. The molecule has 0 saturated heterocycles. The molecule has 0 aliphatic rings. The van der Waals surface area contributed by atoms with Gasteiger partial charge in [-0.15, -0.1) is 0 Å². The summed E-state index contributed by atoms with van der Waals surface area (Å²) in [7, 11) is 0. The van der Waals surface area contributed by atoms with E-state index < -0.39 is 0 Å². The Kier molecular flexibility index (Phi) is 2.77. The maximum atomic E-state index is 6.06. The second-order valence-corrected chi connectivity index (χ2v) is 4.91. The van der Waals surface area contributed by atoms with Gasteiger partial charge in [-0.2, -0.15) is 0 Å². The molecular weight excluding hydrogens is 285 g/mol. The molecule has 19 heavy (non-hydrogen) atoms. The van der Waals surface area contributed by atoms with Crippen LogP contribution >= 0.6 is 23.2 Å². The van der Waals surface area contributed by atoms with Gasteiger partial charge in [0.25, 0.3) is 0 Å². The number of hydrogen-bond acceptors (Lipinski definition) is 4. The molecule has 96 valence electrons. The average Bonchev–Trinajstić information content (AvgIpc) is 2.72. The van der Waals surface area contributed by atoms with Crippen LogP contribution in [0.4, 0.5) is 11.4 Å². The van der Waals surface area contributed by atoms with E-state index in [1.807, 2.05) is 0 Å². The van der Waals surface area contributed by atoms with Gasteiger partial charge in [0.05, 0.1) is 10.6 Å². The van der Waals surface area contributed by atoms with Gasteiger partial charge in [0.15, 0.2) is 5.58 Å². The Labute approximate surface area is 118 Å². The zero-order valence-electron chi connectivity index (χ0n) is 9.65. The third kappa shape index (κ3) is 1.99. The Morgan fingerprint density at radius 1 is 1.05 bits per heavy atom. The van der Waals surface area contributed by atoms with Crippen LogP contribution in [0.2, 0.25) is 10.0 Å². The summed E-state index contributed by atoms with van der Waals surface area (Å²) in [5.74, 6) is 0.328. The standard InChI is InChI=1S/C13H9Cl2N3O/c14-6-4-7(15)12-10(5-6)18-13(19-12)11-8(16)2-1-3-9(11)17/h1-5H,16-17H2. The molecule has 0 unspecified atom stereocenters. The van der Waals surface area contributed by atoms with Gasteiger partial charge in [-0.05, 0) is 24.3 Å². The van der Waals surface area contributed by atoms with Gasteiger partial charge in [-0.3, -0.25) is 0 Å². The van der Waals surface area contributed by atoms with Crippen LogP contribution in [0.15, 0.2) is 34.7 Å². The first-order valence-electron chi connectivity index (χ1n) is 5.46. The van der Waals surface area contributed by atoms with Crippen molar-refractivity contribution in [3.8, 4) is 11.5 Å². The monoisotopic (exact) mass is 293 g/mol. The molecule has 1 aromatic heterocycles. The molecule has 3 rings (SSSR count). The van der Waals surface area contributed by atoms with Crippen molar-refractivity contribution >= 4 is 45.7 Å². The highest BCUT2D eigenvalue weighted by atomic mass is 35.5. The number of nitrogen functional groups attached to an aromatic ring is 2. The first kappa shape index (κ1) is 12.1. The molecule has 0 aliphatic carbocycles. The molecule has 0 bridgehead atoms. The van der Waals surface area contributed by atoms with Crippen LogP contribution in [-0.2, 0) is 0 Å². The average molecular weight is 294 g/mol. The van der Waals surface area contributed by atoms with Crippen LogP contribution in [0.25, 0.3) is 22.6 Å². The van der Waals surface area contributed by atoms with E-state index in [4.69, 9.17) is 39.1 Å². The normalized spacial score (nSPS) is 11.1. The predicted octanol–water partition coefficient (Wildman–Crippen LogP) is 3.97. The maximum absolute atomic E-state index is 6.06. The molecule has 0 fully saturated rings. The fourth-order valence-corrected chi connectivity index (χ4v) is 2.42. The molecule has 0 aliphatic heterocycles. The number of benzene rings is 2. The quantitative estimate of drug-likeness (QED) is 0.666.